The number of para-hydroxylation sites is 1. The van der Waals surface area contributed by atoms with Gasteiger partial charge in [0.1, 0.15) is 11.6 Å². The van der Waals surface area contributed by atoms with Gasteiger partial charge in [0.25, 0.3) is 0 Å². The standard InChI is InChI=1S/C20H17FN2O3/c21-16-5-7-17(8-6-16)26-19-9-4-14(11-23-19)10-22-12-15-2-1-3-18-20(15)25-13-24-18/h1-9,11,22H,10,12-13H2. The number of ether oxygens (including phenoxy) is 3. The van der Waals surface area contributed by atoms with Gasteiger partial charge in [-0.1, -0.05) is 18.2 Å². The number of nitrogens with zero attached hydrogens (tertiary/aromatic N) is 1. The topological polar surface area (TPSA) is 52.6 Å². The Morgan fingerprint density at radius 3 is 2.69 bits per heavy atom. The molecule has 0 spiro atoms. The number of fused-ring (bicyclic) bond motifs is 1. The number of halogens is 1. The maximum Gasteiger partial charge on any atom is 0.231 e. The summed E-state index contributed by atoms with van der Waals surface area (Å²) in [5.41, 5.74) is 2.09. The van der Waals surface area contributed by atoms with E-state index >= 15 is 0 Å². The maximum atomic E-state index is 12.9. The third kappa shape index (κ3) is 3.75. The molecular formula is C20H17FN2O3. The van der Waals surface area contributed by atoms with Gasteiger partial charge in [-0.2, -0.15) is 0 Å². The predicted molar refractivity (Wildman–Crippen MR) is 93.8 cm³/mol. The highest BCUT2D eigenvalue weighted by molar-refractivity contribution is 5.48. The first-order valence-electron chi connectivity index (χ1n) is 8.24. The normalized spacial score (nSPS) is 12.2. The van der Waals surface area contributed by atoms with Crippen LogP contribution in [0, 0.1) is 5.82 Å². The summed E-state index contributed by atoms with van der Waals surface area (Å²) in [6.07, 6.45) is 1.75. The van der Waals surface area contributed by atoms with Crippen LogP contribution in [0.3, 0.4) is 0 Å². The lowest BCUT2D eigenvalue weighted by Crippen LogP contribution is -2.13. The Hall–Kier alpha value is -3.12. The molecule has 1 aliphatic heterocycles. The summed E-state index contributed by atoms with van der Waals surface area (Å²) in [6.45, 7) is 1.60. The van der Waals surface area contributed by atoms with Gasteiger partial charge in [-0.15, -0.1) is 0 Å². The quantitative estimate of drug-likeness (QED) is 0.726. The molecule has 6 heteroatoms. The Labute approximate surface area is 150 Å². The van der Waals surface area contributed by atoms with Crippen LogP contribution < -0.4 is 19.5 Å². The third-order valence-corrected chi connectivity index (χ3v) is 3.96. The molecule has 0 saturated heterocycles. The lowest BCUT2D eigenvalue weighted by atomic mass is 10.2. The summed E-state index contributed by atoms with van der Waals surface area (Å²) >= 11 is 0. The molecule has 0 bridgehead atoms. The van der Waals surface area contributed by atoms with Crippen molar-refractivity contribution in [2.24, 2.45) is 0 Å². The van der Waals surface area contributed by atoms with Gasteiger partial charge in [0.2, 0.25) is 12.7 Å². The van der Waals surface area contributed by atoms with Crippen LogP contribution in [0.25, 0.3) is 0 Å². The number of aromatic nitrogens is 1. The largest absolute Gasteiger partial charge is 0.454 e. The minimum Gasteiger partial charge on any atom is -0.454 e. The highest BCUT2D eigenvalue weighted by atomic mass is 19.1. The number of hydrogen-bond acceptors (Lipinski definition) is 5. The van der Waals surface area contributed by atoms with Crippen molar-refractivity contribution < 1.29 is 18.6 Å². The van der Waals surface area contributed by atoms with Gasteiger partial charge in [0.15, 0.2) is 11.5 Å². The van der Waals surface area contributed by atoms with E-state index in [1.807, 2.05) is 24.3 Å². The fourth-order valence-corrected chi connectivity index (χ4v) is 2.67. The van der Waals surface area contributed by atoms with Gasteiger partial charge in [0, 0.05) is 30.9 Å². The second-order valence-corrected chi connectivity index (χ2v) is 5.82. The Balaban J connectivity index is 1.32. The van der Waals surface area contributed by atoms with Crippen molar-refractivity contribution in [3.8, 4) is 23.1 Å². The molecule has 1 aliphatic rings. The molecule has 132 valence electrons. The summed E-state index contributed by atoms with van der Waals surface area (Å²) < 4.78 is 29.4. The molecule has 0 atom stereocenters. The van der Waals surface area contributed by atoms with E-state index in [2.05, 4.69) is 10.3 Å². The third-order valence-electron chi connectivity index (χ3n) is 3.96. The second kappa shape index (κ2) is 7.41. The molecule has 0 aliphatic carbocycles. The molecule has 0 radical (unpaired) electrons. The Bertz CT molecular complexity index is 883. The maximum absolute atomic E-state index is 12.9. The molecule has 26 heavy (non-hydrogen) atoms. The Morgan fingerprint density at radius 2 is 1.88 bits per heavy atom. The van der Waals surface area contributed by atoms with E-state index < -0.39 is 0 Å². The molecule has 5 nitrogen and oxygen atoms in total. The summed E-state index contributed by atoms with van der Waals surface area (Å²) in [5, 5.41) is 3.37. The zero-order chi connectivity index (χ0) is 17.8. The molecule has 4 rings (SSSR count). The van der Waals surface area contributed by atoms with Crippen molar-refractivity contribution in [3.63, 3.8) is 0 Å². The molecule has 2 heterocycles. The van der Waals surface area contributed by atoms with E-state index in [-0.39, 0.29) is 12.6 Å². The monoisotopic (exact) mass is 352 g/mol. The summed E-state index contributed by atoms with van der Waals surface area (Å²) in [4.78, 5) is 4.28. The van der Waals surface area contributed by atoms with Crippen molar-refractivity contribution in [1.29, 1.82) is 0 Å². The second-order valence-electron chi connectivity index (χ2n) is 5.82. The van der Waals surface area contributed by atoms with Crippen molar-refractivity contribution in [2.45, 2.75) is 13.1 Å². The number of benzene rings is 2. The van der Waals surface area contributed by atoms with Crippen molar-refractivity contribution >= 4 is 0 Å². The van der Waals surface area contributed by atoms with E-state index in [9.17, 15) is 4.39 Å². The molecular weight excluding hydrogens is 335 g/mol. The van der Waals surface area contributed by atoms with Crippen LogP contribution in [-0.2, 0) is 13.1 Å². The van der Waals surface area contributed by atoms with Crippen molar-refractivity contribution in [2.75, 3.05) is 6.79 Å². The molecule has 1 N–H and O–H groups in total. The van der Waals surface area contributed by atoms with Gasteiger partial charge >= 0.3 is 0 Å². The van der Waals surface area contributed by atoms with Crippen LogP contribution in [0.4, 0.5) is 4.39 Å². The van der Waals surface area contributed by atoms with E-state index in [1.54, 1.807) is 24.4 Å². The summed E-state index contributed by atoms with van der Waals surface area (Å²) in [5.74, 6) is 2.30. The van der Waals surface area contributed by atoms with Crippen LogP contribution in [0.1, 0.15) is 11.1 Å². The Morgan fingerprint density at radius 1 is 1.00 bits per heavy atom. The van der Waals surface area contributed by atoms with Gasteiger partial charge in [-0.3, -0.25) is 0 Å². The van der Waals surface area contributed by atoms with E-state index in [1.165, 1.54) is 12.1 Å². The first-order chi connectivity index (χ1) is 12.8. The molecule has 2 aromatic carbocycles. The molecule has 0 fully saturated rings. The highest BCUT2D eigenvalue weighted by Crippen LogP contribution is 2.35. The minimum absolute atomic E-state index is 0.270. The van der Waals surface area contributed by atoms with Crippen LogP contribution in [-0.4, -0.2) is 11.8 Å². The van der Waals surface area contributed by atoms with Crippen LogP contribution >= 0.6 is 0 Å². The number of pyridine rings is 1. The van der Waals surface area contributed by atoms with Crippen LogP contribution in [0.2, 0.25) is 0 Å². The zero-order valence-corrected chi connectivity index (χ0v) is 13.9. The first kappa shape index (κ1) is 16.4. The van der Waals surface area contributed by atoms with E-state index in [4.69, 9.17) is 14.2 Å². The van der Waals surface area contributed by atoms with E-state index in [0.717, 1.165) is 22.6 Å². The average Bonchev–Trinajstić information content (AvgIpc) is 3.15. The van der Waals surface area contributed by atoms with Crippen molar-refractivity contribution in [3.05, 3.63) is 77.7 Å². The SMILES string of the molecule is Fc1ccc(Oc2ccc(CNCc3cccc4c3OCO4)cn2)cc1. The number of rotatable bonds is 6. The first-order valence-corrected chi connectivity index (χ1v) is 8.24. The Kier molecular flexibility index (Phi) is 4.66. The zero-order valence-electron chi connectivity index (χ0n) is 13.9. The minimum atomic E-state index is -0.298. The van der Waals surface area contributed by atoms with Gasteiger partial charge in [-0.05, 0) is 35.9 Å². The fraction of sp³-hybridized carbons (Fsp3) is 0.150. The van der Waals surface area contributed by atoms with Crippen LogP contribution in [0.5, 0.6) is 23.1 Å². The van der Waals surface area contributed by atoms with Crippen molar-refractivity contribution in [1.82, 2.24) is 10.3 Å². The predicted octanol–water partition coefficient (Wildman–Crippen LogP) is 4.03. The lowest BCUT2D eigenvalue weighted by molar-refractivity contribution is 0.173. The average molecular weight is 352 g/mol. The van der Waals surface area contributed by atoms with Gasteiger partial charge in [-0.25, -0.2) is 9.37 Å². The van der Waals surface area contributed by atoms with Gasteiger partial charge < -0.3 is 19.5 Å². The highest BCUT2D eigenvalue weighted by Gasteiger charge is 2.16. The molecule has 3 aromatic rings. The number of nitrogens with one attached hydrogen (secondary N) is 1. The van der Waals surface area contributed by atoms with E-state index in [0.29, 0.717) is 24.7 Å². The number of hydrogen-bond donors (Lipinski definition) is 1. The van der Waals surface area contributed by atoms with Crippen LogP contribution in [0.15, 0.2) is 60.8 Å². The fourth-order valence-electron chi connectivity index (χ4n) is 2.67. The summed E-state index contributed by atoms with van der Waals surface area (Å²) in [6, 6.07) is 15.4. The molecule has 0 saturated carbocycles. The molecule has 0 unspecified atom stereocenters. The lowest BCUT2D eigenvalue weighted by Gasteiger charge is -2.08. The smallest absolute Gasteiger partial charge is 0.231 e. The molecule has 1 aromatic heterocycles. The van der Waals surface area contributed by atoms with Gasteiger partial charge in [0.05, 0.1) is 0 Å². The summed E-state index contributed by atoms with van der Waals surface area (Å²) in [7, 11) is 0. The molecule has 0 amide bonds.